The molecule has 3 aliphatic rings. The van der Waals surface area contributed by atoms with Crippen LogP contribution >= 0.6 is 0 Å². The van der Waals surface area contributed by atoms with Gasteiger partial charge in [-0.15, -0.1) is 0 Å². The van der Waals surface area contributed by atoms with Crippen LogP contribution in [0.5, 0.6) is 0 Å². The molecular weight excluding hydrogens is 144 g/mol. The van der Waals surface area contributed by atoms with Crippen LogP contribution in [0.3, 0.4) is 0 Å². The first kappa shape index (κ1) is 6.17. The van der Waals surface area contributed by atoms with Crippen molar-refractivity contribution in [1.82, 2.24) is 0 Å². The van der Waals surface area contributed by atoms with Crippen LogP contribution in [-0.4, -0.2) is 31.2 Å². The summed E-state index contributed by atoms with van der Waals surface area (Å²) in [6.45, 7) is 1.42. The maximum absolute atomic E-state index is 5.55. The van der Waals surface area contributed by atoms with Gasteiger partial charge in [-0.3, -0.25) is 0 Å². The van der Waals surface area contributed by atoms with Gasteiger partial charge in [0.05, 0.1) is 19.3 Å². The number of rotatable bonds is 0. The fraction of sp³-hybridized carbons (Fsp3) is 0.750. The molecule has 3 heterocycles. The quantitative estimate of drug-likeness (QED) is 0.474. The molecule has 0 aromatic carbocycles. The topological polar surface area (TPSA) is 27.7 Å². The van der Waals surface area contributed by atoms with Crippen molar-refractivity contribution in [2.75, 3.05) is 13.2 Å². The summed E-state index contributed by atoms with van der Waals surface area (Å²) in [5.41, 5.74) is 0. The lowest BCUT2D eigenvalue weighted by Gasteiger charge is -2.25. The van der Waals surface area contributed by atoms with E-state index in [0.717, 1.165) is 6.42 Å². The van der Waals surface area contributed by atoms with Crippen molar-refractivity contribution >= 4 is 0 Å². The van der Waals surface area contributed by atoms with Crippen LogP contribution in [0.15, 0.2) is 12.2 Å². The number of fused-ring (bicyclic) bond motifs is 3. The summed E-state index contributed by atoms with van der Waals surface area (Å²) in [5, 5.41) is 0. The Morgan fingerprint density at radius 1 is 1.18 bits per heavy atom. The Labute approximate surface area is 64.9 Å². The van der Waals surface area contributed by atoms with Crippen molar-refractivity contribution in [1.29, 1.82) is 0 Å². The summed E-state index contributed by atoms with van der Waals surface area (Å²) in [6.07, 6.45) is 5.28. The van der Waals surface area contributed by atoms with E-state index >= 15 is 0 Å². The number of hydrogen-bond donors (Lipinski definition) is 0. The van der Waals surface area contributed by atoms with Gasteiger partial charge in [0.2, 0.25) is 5.79 Å². The number of ether oxygens (including phenoxy) is 3. The van der Waals surface area contributed by atoms with Gasteiger partial charge in [0.1, 0.15) is 6.10 Å². The van der Waals surface area contributed by atoms with E-state index in [1.807, 2.05) is 6.08 Å². The molecule has 0 saturated carbocycles. The monoisotopic (exact) mass is 154 g/mol. The molecule has 60 valence electrons. The summed E-state index contributed by atoms with van der Waals surface area (Å²) in [5.74, 6) is -0.403. The second-order valence-corrected chi connectivity index (χ2v) is 3.19. The van der Waals surface area contributed by atoms with E-state index in [1.54, 1.807) is 0 Å². The predicted octanol–water partition coefficient (Wildman–Crippen LogP) is 0.457. The molecule has 2 saturated heterocycles. The van der Waals surface area contributed by atoms with Gasteiger partial charge in [0, 0.05) is 6.42 Å². The van der Waals surface area contributed by atoms with Gasteiger partial charge in [-0.05, 0) is 0 Å². The summed E-state index contributed by atoms with van der Waals surface area (Å²) in [6, 6.07) is 0. The highest BCUT2D eigenvalue weighted by Crippen LogP contribution is 2.42. The van der Waals surface area contributed by atoms with Crippen LogP contribution < -0.4 is 0 Å². The smallest absolute Gasteiger partial charge is 0.201 e. The van der Waals surface area contributed by atoms with Crippen LogP contribution in [0.1, 0.15) is 6.42 Å². The van der Waals surface area contributed by atoms with Crippen LogP contribution in [0.4, 0.5) is 0 Å². The van der Waals surface area contributed by atoms with E-state index in [-0.39, 0.29) is 12.2 Å². The lowest BCUT2D eigenvalue weighted by atomic mass is 10.0. The molecule has 0 aromatic heterocycles. The lowest BCUT2D eigenvalue weighted by molar-refractivity contribution is -0.175. The third-order valence-corrected chi connectivity index (χ3v) is 2.52. The molecule has 0 radical (unpaired) electrons. The molecule has 3 aliphatic heterocycles. The Hall–Kier alpha value is -0.380. The molecular formula is C8H10O3. The Morgan fingerprint density at radius 3 is 2.55 bits per heavy atom. The molecule has 2 fully saturated rings. The van der Waals surface area contributed by atoms with E-state index in [4.69, 9.17) is 14.2 Å². The van der Waals surface area contributed by atoms with Gasteiger partial charge in [0.25, 0.3) is 0 Å². The highest BCUT2D eigenvalue weighted by Gasteiger charge is 2.54. The molecule has 2 unspecified atom stereocenters. The first-order chi connectivity index (χ1) is 5.39. The summed E-state index contributed by atoms with van der Waals surface area (Å²) < 4.78 is 16.6. The lowest BCUT2D eigenvalue weighted by Crippen LogP contribution is -2.38. The fourth-order valence-corrected chi connectivity index (χ4v) is 2.02. The van der Waals surface area contributed by atoms with Crippen molar-refractivity contribution in [3.63, 3.8) is 0 Å². The van der Waals surface area contributed by atoms with E-state index in [2.05, 4.69) is 6.08 Å². The fourth-order valence-electron chi connectivity index (χ4n) is 2.02. The minimum absolute atomic E-state index is 0.0509. The molecule has 0 N–H and O–H groups in total. The molecule has 2 atom stereocenters. The van der Waals surface area contributed by atoms with Crippen LogP contribution in [0, 0.1) is 0 Å². The molecule has 1 spiro atoms. The molecule has 0 aliphatic carbocycles. The third kappa shape index (κ3) is 0.682. The Balaban J connectivity index is 1.94. The van der Waals surface area contributed by atoms with Gasteiger partial charge < -0.3 is 14.2 Å². The van der Waals surface area contributed by atoms with Crippen LogP contribution in [0.25, 0.3) is 0 Å². The first-order valence-corrected chi connectivity index (χ1v) is 4.01. The SMILES string of the molecule is C1=CC2OC1CC21OCCO1. The normalized spacial score (nSPS) is 44.4. The molecule has 2 bridgehead atoms. The molecule has 3 rings (SSSR count). The predicted molar refractivity (Wildman–Crippen MR) is 37.1 cm³/mol. The molecule has 0 amide bonds. The van der Waals surface area contributed by atoms with Crippen molar-refractivity contribution in [3.8, 4) is 0 Å². The molecule has 3 heteroatoms. The van der Waals surface area contributed by atoms with E-state index < -0.39 is 5.79 Å². The average molecular weight is 154 g/mol. The van der Waals surface area contributed by atoms with E-state index in [9.17, 15) is 0 Å². The Kier molecular flexibility index (Phi) is 1.04. The van der Waals surface area contributed by atoms with E-state index in [1.165, 1.54) is 0 Å². The van der Waals surface area contributed by atoms with Crippen molar-refractivity contribution in [3.05, 3.63) is 12.2 Å². The highest BCUT2D eigenvalue weighted by molar-refractivity contribution is 5.16. The van der Waals surface area contributed by atoms with Gasteiger partial charge in [-0.25, -0.2) is 0 Å². The summed E-state index contributed by atoms with van der Waals surface area (Å²) in [7, 11) is 0. The zero-order valence-electron chi connectivity index (χ0n) is 6.16. The summed E-state index contributed by atoms with van der Waals surface area (Å²) >= 11 is 0. The second kappa shape index (κ2) is 1.86. The third-order valence-electron chi connectivity index (χ3n) is 2.52. The number of hydrogen-bond acceptors (Lipinski definition) is 3. The maximum Gasteiger partial charge on any atom is 0.201 e. The zero-order chi connectivity index (χ0) is 7.31. The Morgan fingerprint density at radius 2 is 2.00 bits per heavy atom. The van der Waals surface area contributed by atoms with Crippen LogP contribution in [-0.2, 0) is 14.2 Å². The molecule has 3 nitrogen and oxygen atoms in total. The molecule has 0 aromatic rings. The van der Waals surface area contributed by atoms with Gasteiger partial charge in [0.15, 0.2) is 0 Å². The van der Waals surface area contributed by atoms with Crippen molar-refractivity contribution in [2.45, 2.75) is 24.4 Å². The van der Waals surface area contributed by atoms with Gasteiger partial charge in [-0.2, -0.15) is 0 Å². The van der Waals surface area contributed by atoms with E-state index in [0.29, 0.717) is 13.2 Å². The minimum atomic E-state index is -0.403. The molecule has 11 heavy (non-hydrogen) atoms. The average Bonchev–Trinajstić information content (AvgIpc) is 2.64. The van der Waals surface area contributed by atoms with Crippen molar-refractivity contribution < 1.29 is 14.2 Å². The van der Waals surface area contributed by atoms with Gasteiger partial charge >= 0.3 is 0 Å². The largest absolute Gasteiger partial charge is 0.361 e. The zero-order valence-corrected chi connectivity index (χ0v) is 6.16. The maximum atomic E-state index is 5.55. The van der Waals surface area contributed by atoms with Gasteiger partial charge in [-0.1, -0.05) is 12.2 Å². The minimum Gasteiger partial charge on any atom is -0.361 e. The Bertz CT molecular complexity index is 205. The van der Waals surface area contributed by atoms with Crippen LogP contribution in [0.2, 0.25) is 0 Å². The van der Waals surface area contributed by atoms with Crippen molar-refractivity contribution in [2.24, 2.45) is 0 Å². The standard InChI is InChI=1S/C8H10O3/c1-2-7-8(5-6(1)11-7)9-3-4-10-8/h1-2,6-7H,3-5H2. The second-order valence-electron chi connectivity index (χ2n) is 3.19. The highest BCUT2D eigenvalue weighted by atomic mass is 16.8. The first-order valence-electron chi connectivity index (χ1n) is 4.01. The summed E-state index contributed by atoms with van der Waals surface area (Å²) in [4.78, 5) is 0.